The summed E-state index contributed by atoms with van der Waals surface area (Å²) in [6.07, 6.45) is 3.54. The maximum atomic E-state index is 5.71. The first-order valence-corrected chi connectivity index (χ1v) is 10.1. The molecule has 112 valence electrons. The maximum absolute atomic E-state index is 5.71. The van der Waals surface area contributed by atoms with Gasteiger partial charge in [0, 0.05) is 20.9 Å². The number of nitrogens with two attached hydrogens (primary N) is 1. The van der Waals surface area contributed by atoms with Gasteiger partial charge in [0.1, 0.15) is 12.2 Å². The molecule has 0 radical (unpaired) electrons. The molecule has 0 bridgehead atoms. The van der Waals surface area contributed by atoms with E-state index in [9.17, 15) is 0 Å². The number of anilines is 1. The van der Waals surface area contributed by atoms with E-state index in [1.54, 1.807) is 6.20 Å². The van der Waals surface area contributed by atoms with E-state index < -0.39 is 8.07 Å². The average molecular weight is 316 g/mol. The highest BCUT2D eigenvalue weighted by molar-refractivity contribution is 6.76. The van der Waals surface area contributed by atoms with Gasteiger partial charge in [0.2, 0.25) is 0 Å². The van der Waals surface area contributed by atoms with Crippen molar-refractivity contribution in [2.75, 3.05) is 12.0 Å². The Balaban J connectivity index is 0.00000200. The van der Waals surface area contributed by atoms with Crippen LogP contribution in [0.25, 0.3) is 11.2 Å². The molecule has 0 fully saturated rings. The van der Waals surface area contributed by atoms with E-state index in [2.05, 4.69) is 35.0 Å². The highest BCUT2D eigenvalue weighted by Gasteiger charge is 2.12. The summed E-state index contributed by atoms with van der Waals surface area (Å²) in [5, 5.41) is 0. The molecule has 2 rings (SSSR count). The van der Waals surface area contributed by atoms with Gasteiger partial charge in [-0.3, -0.25) is 0 Å². The van der Waals surface area contributed by atoms with Crippen molar-refractivity contribution in [2.24, 2.45) is 5.84 Å². The van der Waals surface area contributed by atoms with E-state index in [0.29, 0.717) is 12.5 Å². The summed E-state index contributed by atoms with van der Waals surface area (Å²) in [7, 11) is -1.03. The number of halogens is 1. The number of aromatic nitrogens is 3. The topological polar surface area (TPSA) is 78.0 Å². The SMILES string of the molecule is C[Si](C)(C)CCOCn1ccc2nc(NN)cnc21.Cl. The third-order valence-electron chi connectivity index (χ3n) is 2.84. The number of fused-ring (bicyclic) bond motifs is 1. The monoisotopic (exact) mass is 315 g/mol. The molecule has 2 aromatic rings. The van der Waals surface area contributed by atoms with Gasteiger partial charge in [0.25, 0.3) is 0 Å². The highest BCUT2D eigenvalue weighted by Crippen LogP contribution is 2.14. The summed E-state index contributed by atoms with van der Waals surface area (Å²) >= 11 is 0. The van der Waals surface area contributed by atoms with Crippen LogP contribution in [0.5, 0.6) is 0 Å². The van der Waals surface area contributed by atoms with Crippen LogP contribution in [0.15, 0.2) is 18.5 Å². The molecule has 6 nitrogen and oxygen atoms in total. The van der Waals surface area contributed by atoms with E-state index in [4.69, 9.17) is 10.6 Å². The van der Waals surface area contributed by atoms with E-state index in [1.807, 2.05) is 16.8 Å². The zero-order valence-electron chi connectivity index (χ0n) is 12.1. The van der Waals surface area contributed by atoms with Crippen LogP contribution < -0.4 is 11.3 Å². The molecule has 0 aromatic carbocycles. The minimum Gasteiger partial charge on any atom is -0.361 e. The van der Waals surface area contributed by atoms with Crippen LogP contribution >= 0.6 is 12.4 Å². The van der Waals surface area contributed by atoms with Crippen molar-refractivity contribution >= 4 is 37.5 Å². The van der Waals surface area contributed by atoms with Gasteiger partial charge in [0.05, 0.1) is 6.20 Å². The summed E-state index contributed by atoms with van der Waals surface area (Å²) in [6.45, 7) is 8.33. The number of nitrogens with zero attached hydrogens (tertiary/aromatic N) is 3. The molecule has 0 unspecified atom stereocenters. The normalized spacial score (nSPS) is 11.4. The summed E-state index contributed by atoms with van der Waals surface area (Å²) in [6, 6.07) is 3.07. The fourth-order valence-corrected chi connectivity index (χ4v) is 2.43. The lowest BCUT2D eigenvalue weighted by atomic mass is 10.5. The lowest BCUT2D eigenvalue weighted by Crippen LogP contribution is -2.22. The second kappa shape index (κ2) is 7.03. The van der Waals surface area contributed by atoms with E-state index in [1.165, 1.54) is 6.04 Å². The minimum atomic E-state index is -1.03. The molecule has 0 saturated carbocycles. The molecule has 0 atom stereocenters. The van der Waals surface area contributed by atoms with Crippen LogP contribution in [-0.4, -0.2) is 29.2 Å². The number of hydrogen-bond acceptors (Lipinski definition) is 5. The molecule has 0 spiro atoms. The molecule has 8 heteroatoms. The minimum absolute atomic E-state index is 0. The van der Waals surface area contributed by atoms with Crippen molar-refractivity contribution < 1.29 is 4.74 Å². The Morgan fingerprint density at radius 3 is 2.80 bits per heavy atom. The predicted octanol–water partition coefficient (Wildman–Crippen LogP) is 2.45. The van der Waals surface area contributed by atoms with Crippen molar-refractivity contribution in [1.82, 2.24) is 14.5 Å². The molecule has 20 heavy (non-hydrogen) atoms. The van der Waals surface area contributed by atoms with Crippen LogP contribution in [0.3, 0.4) is 0 Å². The first kappa shape index (κ1) is 16.9. The van der Waals surface area contributed by atoms with E-state index >= 15 is 0 Å². The Bertz CT molecular complexity index is 554. The number of nitrogen functional groups attached to an aromatic ring is 1. The van der Waals surface area contributed by atoms with Crippen molar-refractivity contribution in [2.45, 2.75) is 32.4 Å². The van der Waals surface area contributed by atoms with Gasteiger partial charge in [-0.1, -0.05) is 19.6 Å². The van der Waals surface area contributed by atoms with Crippen LogP contribution in [0, 0.1) is 0 Å². The molecular weight excluding hydrogens is 294 g/mol. The Hall–Kier alpha value is -1.15. The van der Waals surface area contributed by atoms with E-state index in [0.717, 1.165) is 17.8 Å². The Morgan fingerprint density at radius 2 is 2.15 bits per heavy atom. The van der Waals surface area contributed by atoms with Gasteiger partial charge in [-0.2, -0.15) is 0 Å². The Labute approximate surface area is 126 Å². The van der Waals surface area contributed by atoms with Crippen LogP contribution in [0.2, 0.25) is 25.7 Å². The number of hydrogen-bond donors (Lipinski definition) is 2. The molecule has 0 saturated heterocycles. The van der Waals surface area contributed by atoms with Gasteiger partial charge < -0.3 is 14.7 Å². The quantitative estimate of drug-likeness (QED) is 0.370. The van der Waals surface area contributed by atoms with Crippen LogP contribution in [0.1, 0.15) is 0 Å². The molecule has 2 heterocycles. The number of nitrogens with one attached hydrogen (secondary N) is 1. The number of hydrazine groups is 1. The Kier molecular flexibility index (Phi) is 5.94. The molecule has 2 aromatic heterocycles. The van der Waals surface area contributed by atoms with Crippen molar-refractivity contribution in [3.8, 4) is 0 Å². The van der Waals surface area contributed by atoms with Gasteiger partial charge in [-0.25, -0.2) is 15.8 Å². The standard InChI is InChI=1S/C12H21N5OSi.ClH/c1-19(2,3)7-6-18-9-17-5-4-10-12(17)14-8-11(15-10)16-13;/h4-5,8H,6-7,9,13H2,1-3H3,(H,15,16);1H. The second-order valence-electron chi connectivity index (χ2n) is 5.74. The van der Waals surface area contributed by atoms with Gasteiger partial charge >= 0.3 is 0 Å². The number of ether oxygens (including phenoxy) is 1. The van der Waals surface area contributed by atoms with Crippen LogP contribution in [-0.2, 0) is 11.5 Å². The lowest BCUT2D eigenvalue weighted by molar-refractivity contribution is 0.0899. The summed E-state index contributed by atoms with van der Waals surface area (Å²) in [5.41, 5.74) is 4.11. The first-order chi connectivity index (χ1) is 8.99. The average Bonchev–Trinajstić information content (AvgIpc) is 2.75. The molecular formula is C12H22ClN5OSi. The molecule has 0 aliphatic heterocycles. The third kappa shape index (κ3) is 4.45. The lowest BCUT2D eigenvalue weighted by Gasteiger charge is -2.15. The third-order valence-corrected chi connectivity index (χ3v) is 4.54. The molecule has 0 aliphatic carbocycles. The summed E-state index contributed by atoms with van der Waals surface area (Å²) in [5.74, 6) is 5.87. The van der Waals surface area contributed by atoms with Crippen molar-refractivity contribution in [3.63, 3.8) is 0 Å². The smallest absolute Gasteiger partial charge is 0.160 e. The highest BCUT2D eigenvalue weighted by atomic mass is 35.5. The zero-order valence-corrected chi connectivity index (χ0v) is 13.9. The summed E-state index contributed by atoms with van der Waals surface area (Å²) < 4.78 is 7.66. The molecule has 0 amide bonds. The molecule has 0 aliphatic rings. The maximum Gasteiger partial charge on any atom is 0.160 e. The van der Waals surface area contributed by atoms with Crippen molar-refractivity contribution in [1.29, 1.82) is 0 Å². The zero-order chi connectivity index (χ0) is 13.9. The largest absolute Gasteiger partial charge is 0.361 e. The van der Waals surface area contributed by atoms with E-state index in [-0.39, 0.29) is 12.4 Å². The van der Waals surface area contributed by atoms with Gasteiger partial charge in [-0.15, -0.1) is 12.4 Å². The van der Waals surface area contributed by atoms with Crippen LogP contribution in [0.4, 0.5) is 5.82 Å². The summed E-state index contributed by atoms with van der Waals surface area (Å²) in [4.78, 5) is 8.64. The fraction of sp³-hybridized carbons (Fsp3) is 0.500. The fourth-order valence-electron chi connectivity index (χ4n) is 1.68. The molecule has 3 N–H and O–H groups in total. The second-order valence-corrected chi connectivity index (χ2v) is 11.4. The Morgan fingerprint density at radius 1 is 1.40 bits per heavy atom. The predicted molar refractivity (Wildman–Crippen MR) is 86.7 cm³/mol. The van der Waals surface area contributed by atoms with Gasteiger partial charge in [-0.05, 0) is 12.1 Å². The number of rotatable bonds is 6. The van der Waals surface area contributed by atoms with Gasteiger partial charge in [0.15, 0.2) is 11.5 Å². The first-order valence-electron chi connectivity index (χ1n) is 6.36. The van der Waals surface area contributed by atoms with Crippen molar-refractivity contribution in [3.05, 3.63) is 18.5 Å².